The Hall–Kier alpha value is -2.58. The molecule has 2 aromatic rings. The molecule has 0 radical (unpaired) electrons. The van der Waals surface area contributed by atoms with Crippen LogP contribution in [0.15, 0.2) is 24.4 Å². The van der Waals surface area contributed by atoms with E-state index in [1.807, 2.05) is 18.2 Å². The highest BCUT2D eigenvalue weighted by molar-refractivity contribution is 6.33. The highest BCUT2D eigenvalue weighted by Gasteiger charge is 2.17. The Kier molecular flexibility index (Phi) is 5.75. The molecule has 2 heterocycles. The zero-order chi connectivity index (χ0) is 18.5. The molecule has 1 aliphatic heterocycles. The maximum atomic E-state index is 12.4. The molecule has 0 saturated carbocycles. The van der Waals surface area contributed by atoms with Crippen molar-refractivity contribution < 1.29 is 9.53 Å². The van der Waals surface area contributed by atoms with E-state index in [0.717, 1.165) is 18.8 Å². The third kappa shape index (κ3) is 3.97. The average Bonchev–Trinajstić information content (AvgIpc) is 2.70. The van der Waals surface area contributed by atoms with Gasteiger partial charge in [-0.2, -0.15) is 4.98 Å². The summed E-state index contributed by atoms with van der Waals surface area (Å²) < 4.78 is 5.39. The molecule has 0 bridgehead atoms. The van der Waals surface area contributed by atoms with Crippen LogP contribution in [0.4, 0.5) is 23.1 Å². The lowest BCUT2D eigenvalue weighted by Gasteiger charge is -2.29. The van der Waals surface area contributed by atoms with E-state index < -0.39 is 0 Å². The molecular weight excluding hydrogens is 356 g/mol. The lowest BCUT2D eigenvalue weighted by Crippen LogP contribution is -2.36. The van der Waals surface area contributed by atoms with Crippen LogP contribution in [-0.2, 0) is 4.74 Å². The standard InChI is InChI=1S/C17H21ClN6O2/c1-19-16(25)12-9-11(24-5-7-26-8-6-24)3-4-14(12)22-15-13(18)10-21-17(20-2)23-15/h3-4,9-10H,5-8H2,1-2H3,(H,19,25)(H2,20,21,22,23). The van der Waals surface area contributed by atoms with Crippen LogP contribution in [0.25, 0.3) is 0 Å². The van der Waals surface area contributed by atoms with Gasteiger partial charge in [0, 0.05) is 32.9 Å². The van der Waals surface area contributed by atoms with Gasteiger partial charge in [0.15, 0.2) is 5.82 Å². The number of aromatic nitrogens is 2. The molecule has 0 spiro atoms. The molecule has 1 fully saturated rings. The first-order chi connectivity index (χ1) is 12.6. The zero-order valence-electron chi connectivity index (χ0n) is 14.7. The minimum atomic E-state index is -0.193. The number of hydrogen-bond donors (Lipinski definition) is 3. The molecular formula is C17H21ClN6O2. The van der Waals surface area contributed by atoms with Gasteiger partial charge < -0.3 is 25.6 Å². The number of rotatable bonds is 5. The Balaban J connectivity index is 1.94. The molecule has 0 unspecified atom stereocenters. The number of morpholine rings is 1. The number of carbonyl (C=O) groups excluding carboxylic acids is 1. The van der Waals surface area contributed by atoms with Crippen LogP contribution >= 0.6 is 11.6 Å². The number of anilines is 4. The van der Waals surface area contributed by atoms with E-state index in [-0.39, 0.29) is 5.91 Å². The zero-order valence-corrected chi connectivity index (χ0v) is 15.4. The van der Waals surface area contributed by atoms with Crippen LogP contribution < -0.4 is 20.9 Å². The average molecular weight is 377 g/mol. The molecule has 9 heteroatoms. The highest BCUT2D eigenvalue weighted by atomic mass is 35.5. The molecule has 8 nitrogen and oxygen atoms in total. The summed E-state index contributed by atoms with van der Waals surface area (Å²) in [5.41, 5.74) is 2.10. The number of benzene rings is 1. The first-order valence-corrected chi connectivity index (χ1v) is 8.66. The normalized spacial score (nSPS) is 14.0. The lowest BCUT2D eigenvalue weighted by atomic mass is 10.1. The Morgan fingerprint density at radius 3 is 2.73 bits per heavy atom. The molecule has 1 aliphatic rings. The van der Waals surface area contributed by atoms with Crippen LogP contribution in [-0.4, -0.2) is 56.3 Å². The van der Waals surface area contributed by atoms with Gasteiger partial charge in [-0.1, -0.05) is 11.6 Å². The summed E-state index contributed by atoms with van der Waals surface area (Å²) in [5, 5.41) is 9.04. The number of nitrogens with one attached hydrogen (secondary N) is 3. The highest BCUT2D eigenvalue weighted by Crippen LogP contribution is 2.29. The van der Waals surface area contributed by atoms with E-state index in [2.05, 4.69) is 30.8 Å². The Morgan fingerprint density at radius 1 is 1.27 bits per heavy atom. The van der Waals surface area contributed by atoms with E-state index in [1.54, 1.807) is 14.1 Å². The molecule has 1 aromatic heterocycles. The van der Waals surface area contributed by atoms with Gasteiger partial charge in [0.05, 0.1) is 30.7 Å². The second-order valence-electron chi connectivity index (χ2n) is 5.67. The maximum Gasteiger partial charge on any atom is 0.253 e. The third-order valence-electron chi connectivity index (χ3n) is 4.07. The third-order valence-corrected chi connectivity index (χ3v) is 4.35. The van der Waals surface area contributed by atoms with Gasteiger partial charge in [-0.05, 0) is 18.2 Å². The fourth-order valence-electron chi connectivity index (χ4n) is 2.68. The van der Waals surface area contributed by atoms with E-state index in [1.165, 1.54) is 6.20 Å². The van der Waals surface area contributed by atoms with Crippen molar-refractivity contribution in [3.05, 3.63) is 35.0 Å². The minimum Gasteiger partial charge on any atom is -0.378 e. The van der Waals surface area contributed by atoms with Crippen molar-refractivity contribution >= 4 is 40.6 Å². The van der Waals surface area contributed by atoms with Gasteiger partial charge >= 0.3 is 0 Å². The van der Waals surface area contributed by atoms with Gasteiger partial charge in [0.25, 0.3) is 5.91 Å². The molecule has 1 saturated heterocycles. The topological polar surface area (TPSA) is 91.4 Å². The first-order valence-electron chi connectivity index (χ1n) is 8.28. The monoisotopic (exact) mass is 376 g/mol. The van der Waals surface area contributed by atoms with Gasteiger partial charge in [0.2, 0.25) is 5.95 Å². The summed E-state index contributed by atoms with van der Waals surface area (Å²) in [6.07, 6.45) is 1.50. The van der Waals surface area contributed by atoms with Crippen LogP contribution in [0, 0.1) is 0 Å². The van der Waals surface area contributed by atoms with E-state index in [0.29, 0.717) is 41.3 Å². The summed E-state index contributed by atoms with van der Waals surface area (Å²) >= 11 is 6.18. The van der Waals surface area contributed by atoms with E-state index in [9.17, 15) is 4.79 Å². The minimum absolute atomic E-state index is 0.193. The van der Waals surface area contributed by atoms with Crippen molar-refractivity contribution in [1.82, 2.24) is 15.3 Å². The summed E-state index contributed by atoms with van der Waals surface area (Å²) in [5.74, 6) is 0.667. The van der Waals surface area contributed by atoms with Crippen LogP contribution in [0.3, 0.4) is 0 Å². The second kappa shape index (κ2) is 8.20. The van der Waals surface area contributed by atoms with Crippen molar-refractivity contribution in [3.63, 3.8) is 0 Å². The molecule has 3 rings (SSSR count). The predicted octanol–water partition coefficient (Wildman–Crippen LogP) is 2.11. The summed E-state index contributed by atoms with van der Waals surface area (Å²) in [6.45, 7) is 2.95. The molecule has 1 aromatic carbocycles. The molecule has 138 valence electrons. The number of amides is 1. The number of ether oxygens (including phenoxy) is 1. The summed E-state index contributed by atoms with van der Waals surface area (Å²) in [6, 6.07) is 5.68. The summed E-state index contributed by atoms with van der Waals surface area (Å²) in [7, 11) is 3.32. The maximum absolute atomic E-state index is 12.4. The smallest absolute Gasteiger partial charge is 0.253 e. The largest absolute Gasteiger partial charge is 0.378 e. The van der Waals surface area contributed by atoms with Gasteiger partial charge in [-0.15, -0.1) is 0 Å². The van der Waals surface area contributed by atoms with Gasteiger partial charge in [-0.3, -0.25) is 4.79 Å². The number of halogens is 1. The molecule has 3 N–H and O–H groups in total. The van der Waals surface area contributed by atoms with E-state index >= 15 is 0 Å². The summed E-state index contributed by atoms with van der Waals surface area (Å²) in [4.78, 5) is 22.9. The van der Waals surface area contributed by atoms with Crippen molar-refractivity contribution in [2.75, 3.05) is 55.9 Å². The van der Waals surface area contributed by atoms with Gasteiger partial charge in [0.1, 0.15) is 5.02 Å². The second-order valence-corrected chi connectivity index (χ2v) is 6.08. The lowest BCUT2D eigenvalue weighted by molar-refractivity contribution is 0.0964. The van der Waals surface area contributed by atoms with Gasteiger partial charge in [-0.25, -0.2) is 4.98 Å². The van der Waals surface area contributed by atoms with Crippen molar-refractivity contribution in [2.24, 2.45) is 0 Å². The van der Waals surface area contributed by atoms with E-state index in [4.69, 9.17) is 16.3 Å². The van der Waals surface area contributed by atoms with Crippen molar-refractivity contribution in [2.45, 2.75) is 0 Å². The first kappa shape index (κ1) is 18.2. The molecule has 1 amide bonds. The molecule has 0 aliphatic carbocycles. The fourth-order valence-corrected chi connectivity index (χ4v) is 2.82. The Labute approximate surface area is 156 Å². The number of hydrogen-bond acceptors (Lipinski definition) is 7. The van der Waals surface area contributed by atoms with Crippen LogP contribution in [0.5, 0.6) is 0 Å². The van der Waals surface area contributed by atoms with Crippen molar-refractivity contribution in [1.29, 1.82) is 0 Å². The van der Waals surface area contributed by atoms with Crippen molar-refractivity contribution in [3.8, 4) is 0 Å². The quantitative estimate of drug-likeness (QED) is 0.736. The predicted molar refractivity (Wildman–Crippen MR) is 103 cm³/mol. The fraction of sp³-hybridized carbons (Fsp3) is 0.353. The van der Waals surface area contributed by atoms with Crippen LogP contribution in [0.1, 0.15) is 10.4 Å². The number of nitrogens with zero attached hydrogens (tertiary/aromatic N) is 3. The molecule has 0 atom stereocenters. The SMILES string of the molecule is CNC(=O)c1cc(N2CCOCC2)ccc1Nc1nc(NC)ncc1Cl. The van der Waals surface area contributed by atoms with Crippen LogP contribution in [0.2, 0.25) is 5.02 Å². The Morgan fingerprint density at radius 2 is 2.04 bits per heavy atom. The molecule has 26 heavy (non-hydrogen) atoms. The Bertz CT molecular complexity index is 795. The number of carbonyl (C=O) groups is 1.